The SMILES string of the molecule is O=C(Nc1cnccn1)Nc1sc(-c2ccc(F)cc2)cc1C(=O)N[C@H]1CCCNC1. The molecule has 3 amide bonds. The van der Waals surface area contributed by atoms with Crippen molar-refractivity contribution in [2.75, 3.05) is 23.7 Å². The van der Waals surface area contributed by atoms with Gasteiger partial charge in [-0.2, -0.15) is 0 Å². The summed E-state index contributed by atoms with van der Waals surface area (Å²) in [7, 11) is 0. The van der Waals surface area contributed by atoms with Crippen molar-refractivity contribution in [3.8, 4) is 10.4 Å². The van der Waals surface area contributed by atoms with Crippen molar-refractivity contribution in [3.05, 3.63) is 60.3 Å². The number of aromatic nitrogens is 2. The summed E-state index contributed by atoms with van der Waals surface area (Å²) in [6.07, 6.45) is 6.26. The van der Waals surface area contributed by atoms with E-state index in [0.717, 1.165) is 29.8 Å². The number of benzene rings is 1. The molecule has 8 nitrogen and oxygen atoms in total. The second-order valence-corrected chi connectivity index (χ2v) is 8.10. The van der Waals surface area contributed by atoms with Crippen molar-refractivity contribution in [2.45, 2.75) is 18.9 Å². The normalized spacial score (nSPS) is 15.8. The summed E-state index contributed by atoms with van der Waals surface area (Å²) >= 11 is 1.24. The van der Waals surface area contributed by atoms with Gasteiger partial charge in [0.05, 0.1) is 11.8 Å². The molecule has 0 saturated carbocycles. The third-order valence-electron chi connectivity index (χ3n) is 4.77. The van der Waals surface area contributed by atoms with Crippen LogP contribution in [0.1, 0.15) is 23.2 Å². The van der Waals surface area contributed by atoms with Crippen molar-refractivity contribution in [1.29, 1.82) is 0 Å². The molecule has 1 aliphatic rings. The number of halogens is 1. The average Bonchev–Trinajstić information content (AvgIpc) is 3.19. The number of hydrogen-bond acceptors (Lipinski definition) is 6. The number of thiophene rings is 1. The first-order valence-electron chi connectivity index (χ1n) is 9.84. The predicted octanol–water partition coefficient (Wildman–Crippen LogP) is 3.47. The van der Waals surface area contributed by atoms with E-state index in [1.165, 1.54) is 42.1 Å². The topological polar surface area (TPSA) is 108 Å². The number of hydrogen-bond donors (Lipinski definition) is 4. The fourth-order valence-corrected chi connectivity index (χ4v) is 4.32. The number of nitrogens with one attached hydrogen (secondary N) is 4. The highest BCUT2D eigenvalue weighted by Crippen LogP contribution is 2.36. The standard InChI is InChI=1S/C21H21FN6O2S/c22-14-5-3-13(4-6-14)17-10-16(19(29)26-15-2-1-7-23-11-15)20(31-17)28-21(30)27-18-12-24-8-9-25-18/h3-6,8-10,12,15,23H,1-2,7,11H2,(H,26,29)(H2,25,27,28,30)/t15-/m0/s1. The molecule has 31 heavy (non-hydrogen) atoms. The van der Waals surface area contributed by atoms with Crippen LogP contribution in [0, 0.1) is 5.82 Å². The molecule has 1 fully saturated rings. The molecule has 1 aromatic carbocycles. The van der Waals surface area contributed by atoms with E-state index in [-0.39, 0.29) is 23.6 Å². The molecule has 1 saturated heterocycles. The summed E-state index contributed by atoms with van der Waals surface area (Å²) in [6.45, 7) is 1.64. The zero-order valence-electron chi connectivity index (χ0n) is 16.5. The summed E-state index contributed by atoms with van der Waals surface area (Å²) in [6, 6.07) is 7.18. The van der Waals surface area contributed by atoms with Crippen LogP contribution in [-0.2, 0) is 0 Å². The van der Waals surface area contributed by atoms with E-state index in [1.54, 1.807) is 18.2 Å². The summed E-state index contributed by atoms with van der Waals surface area (Å²) in [5, 5.41) is 12.0. The molecule has 0 aliphatic carbocycles. The van der Waals surface area contributed by atoms with E-state index in [4.69, 9.17) is 0 Å². The Morgan fingerprint density at radius 3 is 2.71 bits per heavy atom. The Bertz CT molecular complexity index is 1050. The maximum Gasteiger partial charge on any atom is 0.325 e. The van der Waals surface area contributed by atoms with Gasteiger partial charge in [-0.05, 0) is 43.1 Å². The molecule has 2 aromatic heterocycles. The molecular formula is C21H21FN6O2S. The lowest BCUT2D eigenvalue weighted by Gasteiger charge is -2.23. The Morgan fingerprint density at radius 2 is 2.00 bits per heavy atom. The van der Waals surface area contributed by atoms with Crippen LogP contribution < -0.4 is 21.3 Å². The quantitative estimate of drug-likeness (QED) is 0.486. The van der Waals surface area contributed by atoms with Crippen LogP contribution >= 0.6 is 11.3 Å². The van der Waals surface area contributed by atoms with E-state index in [9.17, 15) is 14.0 Å². The number of piperidine rings is 1. The van der Waals surface area contributed by atoms with Gasteiger partial charge in [0.2, 0.25) is 0 Å². The molecule has 1 atom stereocenters. The number of urea groups is 1. The number of nitrogens with zero attached hydrogens (tertiary/aromatic N) is 2. The van der Waals surface area contributed by atoms with Crippen LogP contribution in [-0.4, -0.2) is 41.0 Å². The maximum absolute atomic E-state index is 13.3. The minimum Gasteiger partial charge on any atom is -0.348 e. The molecule has 10 heteroatoms. The summed E-state index contributed by atoms with van der Waals surface area (Å²) in [5.74, 6) is -0.326. The lowest BCUT2D eigenvalue weighted by Crippen LogP contribution is -2.45. The Morgan fingerprint density at radius 1 is 1.16 bits per heavy atom. The second-order valence-electron chi connectivity index (χ2n) is 7.05. The van der Waals surface area contributed by atoms with Crippen LogP contribution in [0.4, 0.5) is 20.0 Å². The fourth-order valence-electron chi connectivity index (χ4n) is 3.26. The number of rotatable bonds is 5. The van der Waals surface area contributed by atoms with E-state index in [2.05, 4.69) is 31.2 Å². The summed E-state index contributed by atoms with van der Waals surface area (Å²) in [5.41, 5.74) is 1.10. The highest BCUT2D eigenvalue weighted by Gasteiger charge is 2.22. The zero-order valence-corrected chi connectivity index (χ0v) is 17.3. The predicted molar refractivity (Wildman–Crippen MR) is 118 cm³/mol. The van der Waals surface area contributed by atoms with Crippen molar-refractivity contribution in [3.63, 3.8) is 0 Å². The molecule has 0 radical (unpaired) electrons. The zero-order chi connectivity index (χ0) is 21.6. The molecule has 1 aliphatic heterocycles. The molecule has 4 N–H and O–H groups in total. The monoisotopic (exact) mass is 440 g/mol. The van der Waals surface area contributed by atoms with E-state index in [0.29, 0.717) is 17.1 Å². The Kier molecular flexibility index (Phi) is 6.48. The van der Waals surface area contributed by atoms with Crippen LogP contribution in [0.5, 0.6) is 0 Å². The van der Waals surface area contributed by atoms with Crippen LogP contribution in [0.25, 0.3) is 10.4 Å². The highest BCUT2D eigenvalue weighted by atomic mass is 32.1. The molecule has 160 valence electrons. The Labute approximate surface area is 182 Å². The van der Waals surface area contributed by atoms with E-state index >= 15 is 0 Å². The van der Waals surface area contributed by atoms with Gasteiger partial charge in [-0.25, -0.2) is 14.2 Å². The molecule has 4 rings (SSSR count). The van der Waals surface area contributed by atoms with Gasteiger partial charge in [0.25, 0.3) is 5.91 Å². The first-order chi connectivity index (χ1) is 15.1. The fraction of sp³-hybridized carbons (Fsp3) is 0.238. The average molecular weight is 441 g/mol. The lowest BCUT2D eigenvalue weighted by atomic mass is 10.1. The minimum absolute atomic E-state index is 0.0247. The van der Waals surface area contributed by atoms with E-state index in [1.807, 2.05) is 0 Å². The number of carbonyl (C=O) groups excluding carboxylic acids is 2. The first-order valence-corrected chi connectivity index (χ1v) is 10.7. The Balaban J connectivity index is 1.57. The summed E-state index contributed by atoms with van der Waals surface area (Å²) in [4.78, 5) is 34.1. The minimum atomic E-state index is -0.540. The largest absolute Gasteiger partial charge is 0.348 e. The molecular weight excluding hydrogens is 419 g/mol. The lowest BCUT2D eigenvalue weighted by molar-refractivity contribution is 0.0932. The van der Waals surface area contributed by atoms with Crippen molar-refractivity contribution in [2.24, 2.45) is 0 Å². The second kappa shape index (κ2) is 9.63. The maximum atomic E-state index is 13.3. The van der Waals surface area contributed by atoms with Gasteiger partial charge in [0.1, 0.15) is 10.8 Å². The van der Waals surface area contributed by atoms with Crippen LogP contribution in [0.2, 0.25) is 0 Å². The highest BCUT2D eigenvalue weighted by molar-refractivity contribution is 7.20. The Hall–Kier alpha value is -3.37. The van der Waals surface area contributed by atoms with Gasteiger partial charge in [-0.1, -0.05) is 12.1 Å². The van der Waals surface area contributed by atoms with Gasteiger partial charge in [0, 0.05) is 29.9 Å². The smallest absolute Gasteiger partial charge is 0.325 e. The van der Waals surface area contributed by atoms with Crippen molar-refractivity contribution in [1.82, 2.24) is 20.6 Å². The van der Waals surface area contributed by atoms with Gasteiger partial charge in [0.15, 0.2) is 5.82 Å². The molecule has 0 spiro atoms. The third kappa shape index (κ3) is 5.41. The molecule has 0 bridgehead atoms. The number of anilines is 2. The van der Waals surface area contributed by atoms with Gasteiger partial charge in [-0.3, -0.25) is 20.4 Å². The van der Waals surface area contributed by atoms with Gasteiger partial charge < -0.3 is 10.6 Å². The van der Waals surface area contributed by atoms with E-state index < -0.39 is 6.03 Å². The summed E-state index contributed by atoms with van der Waals surface area (Å²) < 4.78 is 13.3. The number of carbonyl (C=O) groups is 2. The first kappa shape index (κ1) is 20.9. The van der Waals surface area contributed by atoms with Gasteiger partial charge in [-0.15, -0.1) is 11.3 Å². The van der Waals surface area contributed by atoms with Crippen molar-refractivity contribution < 1.29 is 14.0 Å². The van der Waals surface area contributed by atoms with Crippen LogP contribution in [0.15, 0.2) is 48.9 Å². The van der Waals surface area contributed by atoms with Crippen molar-refractivity contribution >= 4 is 34.1 Å². The number of amides is 3. The molecule has 0 unspecified atom stereocenters. The molecule has 3 aromatic rings. The molecule has 3 heterocycles. The van der Waals surface area contributed by atoms with Gasteiger partial charge >= 0.3 is 6.03 Å². The third-order valence-corrected chi connectivity index (χ3v) is 5.87. The van der Waals surface area contributed by atoms with Crippen LogP contribution in [0.3, 0.4) is 0 Å².